The Labute approximate surface area is 106 Å². The van der Waals surface area contributed by atoms with Crippen LogP contribution in [-0.2, 0) is 0 Å². The number of β-amino-alcohol motifs (C(OH)–C–C–N with tert-alkyl or cyclic N) is 1. The number of rotatable bonds is 2. The van der Waals surface area contributed by atoms with Crippen molar-refractivity contribution in [1.29, 1.82) is 0 Å². The van der Waals surface area contributed by atoms with E-state index in [4.69, 9.17) is 0 Å². The zero-order valence-electron chi connectivity index (χ0n) is 11.8. The molecule has 0 unspecified atom stereocenters. The van der Waals surface area contributed by atoms with Crippen LogP contribution in [-0.4, -0.2) is 35.2 Å². The molecule has 0 aromatic heterocycles. The fraction of sp³-hybridized carbons (Fsp3) is 1.00. The maximum absolute atomic E-state index is 10.4. The van der Waals surface area contributed by atoms with Crippen molar-refractivity contribution in [3.63, 3.8) is 0 Å². The zero-order chi connectivity index (χ0) is 12.5. The van der Waals surface area contributed by atoms with E-state index in [-0.39, 0.29) is 5.60 Å². The van der Waals surface area contributed by atoms with Crippen LogP contribution in [0.5, 0.6) is 0 Å². The molecule has 100 valence electrons. The topological polar surface area (TPSA) is 23.5 Å². The predicted molar refractivity (Wildman–Crippen MR) is 72.0 cm³/mol. The number of nitrogens with zero attached hydrogens (tertiary/aromatic N) is 1. The summed E-state index contributed by atoms with van der Waals surface area (Å²) < 4.78 is 0. The van der Waals surface area contributed by atoms with Crippen molar-refractivity contribution >= 4 is 0 Å². The van der Waals surface area contributed by atoms with Crippen molar-refractivity contribution in [2.45, 2.75) is 64.9 Å². The van der Waals surface area contributed by atoms with E-state index in [0.29, 0.717) is 5.41 Å². The lowest BCUT2D eigenvalue weighted by Gasteiger charge is -2.41. The second-order valence-electron chi connectivity index (χ2n) is 7.35. The van der Waals surface area contributed by atoms with Crippen LogP contribution in [0.1, 0.15) is 59.3 Å². The predicted octanol–water partition coefficient (Wildman–Crippen LogP) is 3.05. The first kappa shape index (κ1) is 13.4. The highest BCUT2D eigenvalue weighted by Gasteiger charge is 2.35. The molecular weight excluding hydrogens is 210 g/mol. The molecule has 2 heteroatoms. The van der Waals surface area contributed by atoms with Gasteiger partial charge in [0.1, 0.15) is 0 Å². The number of likely N-dealkylation sites (tertiary alicyclic amines) is 1. The first-order valence-electron chi connectivity index (χ1n) is 7.34. The summed E-state index contributed by atoms with van der Waals surface area (Å²) in [5.74, 6) is 0.858. The van der Waals surface area contributed by atoms with Crippen LogP contribution in [0, 0.1) is 11.3 Å². The smallest absolute Gasteiger partial charge is 0.0774 e. The van der Waals surface area contributed by atoms with E-state index in [1.807, 2.05) is 0 Å². The van der Waals surface area contributed by atoms with Gasteiger partial charge in [0.2, 0.25) is 0 Å². The Morgan fingerprint density at radius 1 is 1.12 bits per heavy atom. The SMILES string of the molecule is CC(C)(C)C1CCN(CC2(O)CCCC2)CC1. The Morgan fingerprint density at radius 3 is 2.12 bits per heavy atom. The fourth-order valence-corrected chi connectivity index (χ4v) is 3.56. The summed E-state index contributed by atoms with van der Waals surface area (Å²) in [6.45, 7) is 10.4. The van der Waals surface area contributed by atoms with Crippen LogP contribution >= 0.6 is 0 Å². The molecule has 1 heterocycles. The summed E-state index contributed by atoms with van der Waals surface area (Å²) in [6.07, 6.45) is 7.08. The first-order valence-corrected chi connectivity index (χ1v) is 7.34. The van der Waals surface area contributed by atoms with E-state index in [1.54, 1.807) is 0 Å². The molecule has 1 aliphatic heterocycles. The van der Waals surface area contributed by atoms with Crippen molar-refractivity contribution in [3.8, 4) is 0 Å². The van der Waals surface area contributed by atoms with Gasteiger partial charge in [0.25, 0.3) is 0 Å². The highest BCUT2D eigenvalue weighted by molar-refractivity contribution is 4.89. The standard InChI is InChI=1S/C15H29NO/c1-14(2,3)13-6-10-16(11-7-13)12-15(17)8-4-5-9-15/h13,17H,4-12H2,1-3H3. The molecule has 1 saturated carbocycles. The van der Waals surface area contributed by atoms with Gasteiger partial charge in [-0.15, -0.1) is 0 Å². The number of aliphatic hydroxyl groups is 1. The van der Waals surface area contributed by atoms with Crippen LogP contribution in [0.25, 0.3) is 0 Å². The van der Waals surface area contributed by atoms with Crippen molar-refractivity contribution in [2.24, 2.45) is 11.3 Å². The number of hydrogen-bond acceptors (Lipinski definition) is 2. The third-order valence-corrected chi connectivity index (χ3v) is 4.86. The molecule has 1 saturated heterocycles. The van der Waals surface area contributed by atoms with Gasteiger partial charge in [-0.2, -0.15) is 0 Å². The second-order valence-corrected chi connectivity index (χ2v) is 7.35. The summed E-state index contributed by atoms with van der Waals surface area (Å²) in [4.78, 5) is 2.49. The minimum absolute atomic E-state index is 0.353. The Kier molecular flexibility index (Phi) is 3.84. The molecule has 0 aromatic rings. The summed E-state index contributed by atoms with van der Waals surface area (Å²) in [5.41, 5.74) is 0.102. The maximum atomic E-state index is 10.4. The molecule has 2 aliphatic rings. The second kappa shape index (κ2) is 4.89. The van der Waals surface area contributed by atoms with Gasteiger partial charge in [0, 0.05) is 6.54 Å². The van der Waals surface area contributed by atoms with Gasteiger partial charge in [0.05, 0.1) is 5.60 Å². The lowest BCUT2D eigenvalue weighted by Crippen LogP contribution is -2.46. The Bertz CT molecular complexity index is 242. The Balaban J connectivity index is 1.79. The third kappa shape index (κ3) is 3.45. The largest absolute Gasteiger partial charge is 0.389 e. The van der Waals surface area contributed by atoms with Crippen LogP contribution in [0.3, 0.4) is 0 Å². The van der Waals surface area contributed by atoms with E-state index in [1.165, 1.54) is 38.8 Å². The zero-order valence-corrected chi connectivity index (χ0v) is 11.8. The fourth-order valence-electron chi connectivity index (χ4n) is 3.56. The Morgan fingerprint density at radius 2 is 1.65 bits per heavy atom. The van der Waals surface area contributed by atoms with Gasteiger partial charge in [-0.25, -0.2) is 0 Å². The quantitative estimate of drug-likeness (QED) is 0.800. The first-order chi connectivity index (χ1) is 7.89. The maximum Gasteiger partial charge on any atom is 0.0774 e. The lowest BCUT2D eigenvalue weighted by atomic mass is 9.75. The molecule has 0 atom stereocenters. The van der Waals surface area contributed by atoms with E-state index < -0.39 is 0 Å². The highest BCUT2D eigenvalue weighted by atomic mass is 16.3. The summed E-state index contributed by atoms with van der Waals surface area (Å²) >= 11 is 0. The van der Waals surface area contributed by atoms with Crippen LogP contribution in [0.2, 0.25) is 0 Å². The van der Waals surface area contributed by atoms with Gasteiger partial charge in [-0.1, -0.05) is 33.6 Å². The van der Waals surface area contributed by atoms with Crippen molar-refractivity contribution in [2.75, 3.05) is 19.6 Å². The minimum atomic E-state index is -0.353. The van der Waals surface area contributed by atoms with Crippen molar-refractivity contribution in [3.05, 3.63) is 0 Å². The molecule has 0 bridgehead atoms. The number of hydrogen-bond donors (Lipinski definition) is 1. The summed E-state index contributed by atoms with van der Waals surface area (Å²) in [6, 6.07) is 0. The van der Waals surface area contributed by atoms with Crippen LogP contribution < -0.4 is 0 Å². The van der Waals surface area contributed by atoms with E-state index in [9.17, 15) is 5.11 Å². The molecule has 0 aromatic carbocycles. The average Bonchev–Trinajstić information content (AvgIpc) is 2.64. The monoisotopic (exact) mass is 239 g/mol. The third-order valence-electron chi connectivity index (χ3n) is 4.86. The van der Waals surface area contributed by atoms with Crippen LogP contribution in [0.15, 0.2) is 0 Å². The molecule has 1 N–H and O–H groups in total. The van der Waals surface area contributed by atoms with Gasteiger partial charge in [-0.3, -0.25) is 0 Å². The van der Waals surface area contributed by atoms with Crippen molar-refractivity contribution < 1.29 is 5.11 Å². The molecule has 0 amide bonds. The lowest BCUT2D eigenvalue weighted by molar-refractivity contribution is -0.00628. The highest BCUT2D eigenvalue weighted by Crippen LogP contribution is 2.36. The van der Waals surface area contributed by atoms with E-state index in [2.05, 4.69) is 25.7 Å². The average molecular weight is 239 g/mol. The molecule has 1 aliphatic carbocycles. The molecule has 17 heavy (non-hydrogen) atoms. The normalized spacial score (nSPS) is 27.5. The number of piperidine rings is 1. The van der Waals surface area contributed by atoms with Gasteiger partial charge < -0.3 is 10.0 Å². The molecule has 0 spiro atoms. The summed E-state index contributed by atoms with van der Waals surface area (Å²) in [7, 11) is 0. The Hall–Kier alpha value is -0.0800. The van der Waals surface area contributed by atoms with Gasteiger partial charge in [0.15, 0.2) is 0 Å². The molecule has 0 radical (unpaired) electrons. The molecule has 2 fully saturated rings. The van der Waals surface area contributed by atoms with Gasteiger partial charge >= 0.3 is 0 Å². The molecule has 2 rings (SSSR count). The van der Waals surface area contributed by atoms with Crippen molar-refractivity contribution in [1.82, 2.24) is 4.90 Å². The molecular formula is C15H29NO. The summed E-state index contributed by atoms with van der Waals surface area (Å²) in [5, 5.41) is 10.4. The van der Waals surface area contributed by atoms with Crippen LogP contribution in [0.4, 0.5) is 0 Å². The van der Waals surface area contributed by atoms with E-state index in [0.717, 1.165) is 25.3 Å². The molecule has 2 nitrogen and oxygen atoms in total. The van der Waals surface area contributed by atoms with E-state index >= 15 is 0 Å². The minimum Gasteiger partial charge on any atom is -0.389 e. The van der Waals surface area contributed by atoms with Gasteiger partial charge in [-0.05, 0) is 50.1 Å².